The first-order valence-corrected chi connectivity index (χ1v) is 17.6. The fourth-order valence-electron chi connectivity index (χ4n) is 5.61. The molecule has 4 aromatic rings. The summed E-state index contributed by atoms with van der Waals surface area (Å²) in [5.41, 5.74) is 7.27. The van der Waals surface area contributed by atoms with Gasteiger partial charge in [-0.2, -0.15) is 0 Å². The maximum Gasteiger partial charge on any atom is 0.255 e. The Hall–Kier alpha value is -3.31. The van der Waals surface area contributed by atoms with E-state index in [4.69, 9.17) is 9.97 Å². The molecule has 0 saturated carbocycles. The lowest BCUT2D eigenvalue weighted by molar-refractivity contribution is 1.29. The highest BCUT2D eigenvalue weighted by molar-refractivity contribution is 6.83. The Morgan fingerprint density at radius 3 is 1.31 bits per heavy atom. The van der Waals surface area contributed by atoms with Crippen LogP contribution in [0, 0.1) is 0 Å². The second-order valence-electron chi connectivity index (χ2n) is 10.9. The van der Waals surface area contributed by atoms with E-state index in [-0.39, 0.29) is 0 Å². The Kier molecular flexibility index (Phi) is 9.68. The van der Waals surface area contributed by atoms with E-state index in [2.05, 4.69) is 136 Å². The first-order chi connectivity index (χ1) is 18.9. The number of hydrogen-bond acceptors (Lipinski definition) is 4. The van der Waals surface area contributed by atoms with Crippen LogP contribution in [-0.2, 0) is 0 Å². The molecule has 0 aliphatic carbocycles. The average Bonchev–Trinajstić information content (AvgIpc) is 2.95. The molecule has 200 valence electrons. The van der Waals surface area contributed by atoms with Crippen molar-refractivity contribution < 1.29 is 0 Å². The molecule has 0 atom stereocenters. The number of anilines is 2. The number of pyridine rings is 2. The normalized spacial score (nSPS) is 11.2. The van der Waals surface area contributed by atoms with Gasteiger partial charge in [-0.25, -0.2) is 9.97 Å². The zero-order valence-electron chi connectivity index (χ0n) is 24.5. The third-order valence-corrected chi connectivity index (χ3v) is 9.47. The molecule has 0 unspecified atom stereocenters. The number of aromatic nitrogens is 2. The Morgan fingerprint density at radius 1 is 0.538 bits per heavy atom. The van der Waals surface area contributed by atoms with Crippen molar-refractivity contribution in [1.29, 1.82) is 0 Å². The Bertz CT molecular complexity index is 1270. The van der Waals surface area contributed by atoms with E-state index in [1.165, 1.54) is 22.1 Å². The van der Waals surface area contributed by atoms with Gasteiger partial charge >= 0.3 is 0 Å². The third kappa shape index (κ3) is 7.01. The first kappa shape index (κ1) is 28.7. The van der Waals surface area contributed by atoms with Crippen LogP contribution >= 0.6 is 0 Å². The predicted octanol–water partition coefficient (Wildman–Crippen LogP) is 7.52. The summed E-state index contributed by atoms with van der Waals surface area (Å²) in [5.74, 6) is 1.79. The van der Waals surface area contributed by atoms with E-state index in [1.54, 1.807) is 0 Å². The van der Waals surface area contributed by atoms with E-state index in [0.717, 1.165) is 48.3 Å². The molecular weight excluding hydrogens is 490 g/mol. The Labute approximate surface area is 237 Å². The van der Waals surface area contributed by atoms with Gasteiger partial charge in [-0.1, -0.05) is 125 Å². The van der Waals surface area contributed by atoms with Gasteiger partial charge < -0.3 is 9.96 Å². The Morgan fingerprint density at radius 2 is 0.923 bits per heavy atom. The van der Waals surface area contributed by atoms with Crippen LogP contribution in [0.3, 0.4) is 0 Å². The number of nitrogens with one attached hydrogen (secondary N) is 2. The van der Waals surface area contributed by atoms with Gasteiger partial charge in [0.15, 0.2) is 13.4 Å². The van der Waals surface area contributed by atoms with Crippen LogP contribution in [0.2, 0.25) is 38.4 Å². The van der Waals surface area contributed by atoms with E-state index in [1.807, 2.05) is 0 Å². The number of nitrogens with zero attached hydrogens (tertiary/aromatic N) is 2. The zero-order valence-corrected chi connectivity index (χ0v) is 25.5. The molecule has 0 fully saturated rings. The van der Waals surface area contributed by atoms with Crippen molar-refractivity contribution in [2.75, 3.05) is 9.96 Å². The molecule has 0 spiro atoms. The lowest BCUT2D eigenvalue weighted by atomic mass is 9.40. The van der Waals surface area contributed by atoms with Crippen LogP contribution in [0.1, 0.15) is 27.7 Å². The van der Waals surface area contributed by atoms with Crippen LogP contribution < -0.4 is 20.9 Å². The van der Waals surface area contributed by atoms with Gasteiger partial charge in [0.25, 0.3) is 8.40 Å². The summed E-state index contributed by atoms with van der Waals surface area (Å²) in [6.45, 7) is 14.7. The monoisotopic (exact) mass is 532 g/mol. The minimum absolute atomic E-state index is 0.542. The summed E-state index contributed by atoms with van der Waals surface area (Å²) >= 11 is 0. The standard InChI is InChI=1S/C32H42B2N4Si/c1-7-33(8-2)27-19-13-11-17-25(27)29-21-15-23-31(35-29)37-39(5,6)38-32-24-16-22-30(36-32)26-18-12-14-20-28(26)34(9-3)10-4/h11-24H,7-10H2,1-6H3,(H,35,37)(H,36,38). The molecule has 2 N–H and O–H groups in total. The van der Waals surface area contributed by atoms with Crippen LogP contribution in [0.4, 0.5) is 11.6 Å². The number of benzene rings is 2. The summed E-state index contributed by atoms with van der Waals surface area (Å²) in [5, 5.41) is 0. The van der Waals surface area contributed by atoms with Crippen molar-refractivity contribution in [2.45, 2.75) is 66.1 Å². The van der Waals surface area contributed by atoms with Gasteiger partial charge in [0.2, 0.25) is 0 Å². The molecule has 2 aromatic heterocycles. The minimum Gasteiger partial charge on any atom is -0.379 e. The molecule has 2 heterocycles. The maximum absolute atomic E-state index is 5.06. The SMILES string of the molecule is CCB(CC)c1ccccc1-c1cccc(N[Si](C)(C)Nc2cccc(-c3ccccc3B(CC)CC)n2)n1. The van der Waals surface area contributed by atoms with Crippen LogP contribution in [0.25, 0.3) is 22.5 Å². The molecule has 0 bridgehead atoms. The quantitative estimate of drug-likeness (QED) is 0.185. The Balaban J connectivity index is 1.57. The average molecular weight is 532 g/mol. The molecule has 0 aliphatic rings. The zero-order chi connectivity index (χ0) is 27.8. The fraction of sp³-hybridized carbons (Fsp3) is 0.312. The topological polar surface area (TPSA) is 49.8 Å². The largest absolute Gasteiger partial charge is 0.379 e. The van der Waals surface area contributed by atoms with Crippen molar-refractivity contribution in [2.24, 2.45) is 0 Å². The van der Waals surface area contributed by atoms with Gasteiger partial charge in [0.1, 0.15) is 11.6 Å². The van der Waals surface area contributed by atoms with E-state index in [0.29, 0.717) is 13.4 Å². The second kappa shape index (κ2) is 13.2. The second-order valence-corrected chi connectivity index (χ2v) is 14.6. The molecule has 39 heavy (non-hydrogen) atoms. The summed E-state index contributed by atoms with van der Waals surface area (Å²) in [6, 6.07) is 30.0. The van der Waals surface area contributed by atoms with E-state index in [9.17, 15) is 0 Å². The van der Waals surface area contributed by atoms with Crippen molar-refractivity contribution >= 4 is 44.4 Å². The van der Waals surface area contributed by atoms with Crippen LogP contribution in [0.5, 0.6) is 0 Å². The molecule has 0 amide bonds. The van der Waals surface area contributed by atoms with Gasteiger partial charge in [-0.15, -0.1) is 0 Å². The molecule has 0 saturated heterocycles. The maximum atomic E-state index is 5.06. The molecule has 4 nitrogen and oxygen atoms in total. The highest BCUT2D eigenvalue weighted by Crippen LogP contribution is 2.23. The highest BCUT2D eigenvalue weighted by atomic mass is 28.3. The van der Waals surface area contributed by atoms with Gasteiger partial charge in [0, 0.05) is 0 Å². The molecule has 7 heteroatoms. The lowest BCUT2D eigenvalue weighted by Crippen LogP contribution is -2.46. The minimum atomic E-state index is -2.16. The summed E-state index contributed by atoms with van der Waals surface area (Å²) in [7, 11) is -2.16. The summed E-state index contributed by atoms with van der Waals surface area (Å²) in [6.07, 6.45) is 4.51. The number of hydrogen-bond donors (Lipinski definition) is 2. The predicted molar refractivity (Wildman–Crippen MR) is 177 cm³/mol. The van der Waals surface area contributed by atoms with E-state index >= 15 is 0 Å². The smallest absolute Gasteiger partial charge is 0.255 e. The van der Waals surface area contributed by atoms with Gasteiger partial charge in [0.05, 0.1) is 11.4 Å². The van der Waals surface area contributed by atoms with Crippen molar-refractivity contribution in [3.63, 3.8) is 0 Å². The highest BCUT2D eigenvalue weighted by Gasteiger charge is 2.24. The molecular formula is C32H42B2N4Si. The van der Waals surface area contributed by atoms with Gasteiger partial charge in [-0.3, -0.25) is 0 Å². The van der Waals surface area contributed by atoms with Crippen molar-refractivity contribution in [3.05, 3.63) is 84.9 Å². The van der Waals surface area contributed by atoms with Crippen molar-refractivity contribution in [3.8, 4) is 22.5 Å². The van der Waals surface area contributed by atoms with Gasteiger partial charge in [-0.05, 0) is 48.5 Å². The molecule has 0 aliphatic heterocycles. The molecule has 2 aromatic carbocycles. The summed E-state index contributed by atoms with van der Waals surface area (Å²) < 4.78 is 0. The van der Waals surface area contributed by atoms with Crippen LogP contribution in [-0.4, -0.2) is 31.8 Å². The molecule has 4 rings (SSSR count). The first-order valence-electron chi connectivity index (χ1n) is 14.6. The van der Waals surface area contributed by atoms with Crippen molar-refractivity contribution in [1.82, 2.24) is 9.97 Å². The molecule has 0 radical (unpaired) electrons. The third-order valence-electron chi connectivity index (χ3n) is 7.70. The lowest BCUT2D eigenvalue weighted by Gasteiger charge is -2.26. The summed E-state index contributed by atoms with van der Waals surface area (Å²) in [4.78, 5) is 17.6. The fourth-order valence-corrected chi connectivity index (χ4v) is 7.23. The van der Waals surface area contributed by atoms with Crippen LogP contribution in [0.15, 0.2) is 84.9 Å². The number of rotatable bonds is 12. The van der Waals surface area contributed by atoms with E-state index < -0.39 is 8.40 Å².